The SMILES string of the molecule is O=S(=O)(O)O.[Ca+2].[Ca+2].[Ca+2].[Ca+2].[Ca+2].[Ca+2].[Ca+2].[Ca+2].[Ca+2].[Ca+2].[Ca+2].[Ca+2].[Ca+2].[Ca+2].[Ca+2].[Ca+2].[Ca+2].[Ca+2].[Ca+2].[Ca+2].[Ca+2].[Ca+2].[Ca+2].[Ca+2].[Ca+2].[Ca+2].[Ca+2].[Ca+2].[Ca+2].[Ca+2].[Ca+2].[Ca+2].[Ca+2].[Ca+2].[Ca+2].[Ca+2].[Ca+2].[Ca+2].[Ca+2].[Ca+2].[Ca+2].[Ca+2].[Ca+2].[Ca+2].[Ca+2].[Ca+2].[Ca+2].[Ca+2].[Ca+2].[Ca+2].[Ca+2].[Ca+2].[Ca+2].[Ca+2].[Ca+2].[Ca+2].[Ca+2].[Ca+2].[Ca+2].[Ca+2].[Ca+2].[Ca+2]. The van der Waals surface area contributed by atoms with Gasteiger partial charge in [-0.05, 0) is 0 Å². The number of hydrogen-bond acceptors (Lipinski definition) is 2. The second-order valence-electron chi connectivity index (χ2n) is 0.448. The molecule has 0 aliphatic heterocycles. The molecule has 0 atom stereocenters. The Kier molecular flexibility index (Phi) is 2790. The van der Waals surface area contributed by atoms with E-state index in [1.54, 1.807) is 0 Å². The molecule has 67 heteroatoms. The molecule has 0 aromatic carbocycles. The van der Waals surface area contributed by atoms with Crippen molar-refractivity contribution in [2.75, 3.05) is 0 Å². The van der Waals surface area contributed by atoms with Crippen LogP contribution in [0.25, 0.3) is 0 Å². The van der Waals surface area contributed by atoms with Gasteiger partial charge in [0, 0.05) is 0 Å². The molecule has 0 radical (unpaired) electrons. The van der Waals surface area contributed by atoms with Gasteiger partial charge in [0.25, 0.3) is 0 Å². The standard InChI is InChI=1S/62Ca.H2O4S/c;;;;;;;;;;;;;;;;;;;;;;;;;;;;;;;;;;;;;;;;;;;;;;;;;;;;;;;;;;;;;;1-5(2,3)4/h;;;;;;;;;;;;;;;;;;;;;;;;;;;;;;;;;;;;;;;;;;;;;;;;;;;;;;;;;;;;;;(H2,1,2,3,4)/q62*+2;. The fraction of sp³-hybridized carbons (Fsp3) is 0. The molecule has 0 bridgehead atoms. The molecular weight excluding hydrogens is 2580 g/mol. The zero-order valence-corrected chi connectivity index (χ0v) is 184. The summed E-state index contributed by atoms with van der Waals surface area (Å²) in [7, 11) is -4.67. The van der Waals surface area contributed by atoms with E-state index in [1.807, 2.05) is 0 Å². The van der Waals surface area contributed by atoms with Crippen molar-refractivity contribution in [3.05, 3.63) is 0 Å². The molecule has 0 aliphatic rings. The van der Waals surface area contributed by atoms with Crippen LogP contribution in [-0.4, -0.2) is 2360 Å². The Bertz CT molecular complexity index is 112. The second kappa shape index (κ2) is 417. The Labute approximate surface area is 2270 Å². The van der Waals surface area contributed by atoms with E-state index >= 15 is 0 Å². The fourth-order valence-electron chi connectivity index (χ4n) is 0. The minimum absolute atomic E-state index is 0. The first-order valence-corrected chi connectivity index (χ1v) is 2.10. The van der Waals surface area contributed by atoms with Gasteiger partial charge in [-0.25, -0.2) is 0 Å². The van der Waals surface area contributed by atoms with Crippen molar-refractivity contribution in [1.82, 2.24) is 0 Å². The molecule has 0 spiro atoms. The minimum Gasteiger partial charge on any atom is -0.264 e. The third kappa shape index (κ3) is 477. The molecule has 0 amide bonds. The largest absolute Gasteiger partial charge is 2.00 e. The van der Waals surface area contributed by atoms with Crippen LogP contribution in [-0.2, 0) is 10.4 Å². The summed E-state index contributed by atoms with van der Waals surface area (Å²) in [5.41, 5.74) is 0. The quantitative estimate of drug-likeness (QED) is 0.187. The summed E-state index contributed by atoms with van der Waals surface area (Å²) in [4.78, 5) is 0. The summed E-state index contributed by atoms with van der Waals surface area (Å²) >= 11 is 0. The van der Waals surface area contributed by atoms with Gasteiger partial charge in [-0.15, -0.1) is 0 Å². The Hall–Kier alpha value is 78.0. The van der Waals surface area contributed by atoms with E-state index in [0.717, 1.165) is 0 Å². The molecule has 0 fully saturated rings. The summed E-state index contributed by atoms with van der Waals surface area (Å²) < 4.78 is 31.6. The van der Waals surface area contributed by atoms with Gasteiger partial charge in [0.1, 0.15) is 0 Å². The van der Waals surface area contributed by atoms with E-state index in [2.05, 4.69) is 0 Å². The van der Waals surface area contributed by atoms with Crippen LogP contribution in [0.1, 0.15) is 0 Å². The molecule has 32 valence electrons. The molecule has 4 nitrogen and oxygen atoms in total. The average Bonchev–Trinajstić information content (AvgIpc) is 0.722. The van der Waals surface area contributed by atoms with Gasteiger partial charge in [0.15, 0.2) is 0 Å². The maximum absolute atomic E-state index is 8.74. The van der Waals surface area contributed by atoms with Crippen molar-refractivity contribution < 1.29 is 17.5 Å². The second-order valence-corrected chi connectivity index (χ2v) is 1.34. The van der Waals surface area contributed by atoms with Crippen molar-refractivity contribution in [3.63, 3.8) is 0 Å². The van der Waals surface area contributed by atoms with Crippen LogP contribution in [0.15, 0.2) is 0 Å². The van der Waals surface area contributed by atoms with E-state index in [1.165, 1.54) is 0 Å². The van der Waals surface area contributed by atoms with Crippen molar-refractivity contribution >= 4 is 2350 Å². The summed E-state index contributed by atoms with van der Waals surface area (Å²) in [6.45, 7) is 0. The third-order valence-electron chi connectivity index (χ3n) is 0. The van der Waals surface area contributed by atoms with Gasteiger partial charge in [-0.2, -0.15) is 8.42 Å². The normalized spacial score (nSPS) is 0.866. The predicted molar refractivity (Wildman–Crippen MR) is 371 cm³/mol. The molecule has 0 aromatic heterocycles. The van der Waals surface area contributed by atoms with Crippen LogP contribution in [0.3, 0.4) is 0 Å². The van der Waals surface area contributed by atoms with E-state index in [4.69, 9.17) is 17.5 Å². The molecular formula is H2Ca62O4S+124. The number of rotatable bonds is 0. The average molecular weight is 2580 g/mol. The van der Waals surface area contributed by atoms with Gasteiger partial charge < -0.3 is 0 Å². The fourth-order valence-corrected chi connectivity index (χ4v) is 0. The monoisotopic (exact) mass is 2580 g/mol. The van der Waals surface area contributed by atoms with Crippen LogP contribution in [0.2, 0.25) is 0 Å². The van der Waals surface area contributed by atoms with E-state index in [0.29, 0.717) is 0 Å². The van der Waals surface area contributed by atoms with Gasteiger partial charge in [-0.1, -0.05) is 0 Å². The molecule has 0 heterocycles. The Balaban J connectivity index is -0.0000000000423. The van der Waals surface area contributed by atoms with Crippen LogP contribution < -0.4 is 0 Å². The van der Waals surface area contributed by atoms with Gasteiger partial charge in [0.2, 0.25) is 0 Å². The summed E-state index contributed by atoms with van der Waals surface area (Å²) in [5.74, 6) is 0. The summed E-state index contributed by atoms with van der Waals surface area (Å²) in [6.07, 6.45) is 0. The van der Waals surface area contributed by atoms with Crippen molar-refractivity contribution in [1.29, 1.82) is 0 Å². The molecule has 0 saturated heterocycles. The predicted octanol–water partition coefficient (Wildman–Crippen LogP) is -24.3. The first-order valence-electron chi connectivity index (χ1n) is 0.698. The van der Waals surface area contributed by atoms with Gasteiger partial charge >= 0.3 is 2350 Å². The Morgan fingerprint density at radius 1 is 0.104 bits per heavy atom. The zero-order valence-electron chi connectivity index (χ0n) is 46.0. The maximum Gasteiger partial charge on any atom is 2.00 e. The van der Waals surface area contributed by atoms with Crippen LogP contribution >= 0.6 is 0 Å². The summed E-state index contributed by atoms with van der Waals surface area (Å²) in [6, 6.07) is 0. The number of hydrogen-bond donors (Lipinski definition) is 2. The smallest absolute Gasteiger partial charge is 0.264 e. The van der Waals surface area contributed by atoms with E-state index in [-0.39, 0.29) is 2340 Å². The topological polar surface area (TPSA) is 74.6 Å². The van der Waals surface area contributed by atoms with Crippen LogP contribution in [0, 0.1) is 0 Å². The zero-order chi connectivity index (χ0) is 4.50. The molecule has 2 N–H and O–H groups in total. The molecule has 0 aliphatic carbocycles. The van der Waals surface area contributed by atoms with E-state index < -0.39 is 10.4 Å². The van der Waals surface area contributed by atoms with E-state index in [9.17, 15) is 0 Å². The molecule has 67 heavy (non-hydrogen) atoms. The Morgan fingerprint density at radius 3 is 0.104 bits per heavy atom. The van der Waals surface area contributed by atoms with Crippen LogP contribution in [0.4, 0.5) is 0 Å². The minimum atomic E-state index is -4.67. The Morgan fingerprint density at radius 2 is 0.104 bits per heavy atom. The maximum atomic E-state index is 8.74. The van der Waals surface area contributed by atoms with Gasteiger partial charge in [0.05, 0.1) is 0 Å². The molecule has 0 unspecified atom stereocenters. The third-order valence-corrected chi connectivity index (χ3v) is 0. The van der Waals surface area contributed by atoms with Crippen molar-refractivity contribution in [3.8, 4) is 0 Å². The molecule has 0 rings (SSSR count). The van der Waals surface area contributed by atoms with Crippen molar-refractivity contribution in [2.45, 2.75) is 0 Å². The first kappa shape index (κ1) is 447. The van der Waals surface area contributed by atoms with Crippen molar-refractivity contribution in [2.24, 2.45) is 0 Å². The first-order chi connectivity index (χ1) is 2.00. The van der Waals surface area contributed by atoms with Crippen LogP contribution in [0.5, 0.6) is 0 Å². The molecule has 0 saturated carbocycles. The van der Waals surface area contributed by atoms with Gasteiger partial charge in [-0.3, -0.25) is 9.11 Å². The molecule has 0 aromatic rings. The summed E-state index contributed by atoms with van der Waals surface area (Å²) in [5, 5.41) is 0.